The SMILES string of the molecule is CCN1CCN(CC(=O)N2CCN(S(=O)(=O)c3ccc(C)cc3C)CC2)C(=O)C1=O. The number of hydrogen-bond donors (Lipinski definition) is 0. The van der Waals surface area contributed by atoms with Gasteiger partial charge in [0.2, 0.25) is 15.9 Å². The summed E-state index contributed by atoms with van der Waals surface area (Å²) in [6.07, 6.45) is 0. The van der Waals surface area contributed by atoms with Crippen molar-refractivity contribution in [3.05, 3.63) is 29.3 Å². The van der Waals surface area contributed by atoms with E-state index < -0.39 is 21.8 Å². The summed E-state index contributed by atoms with van der Waals surface area (Å²) in [5.74, 6) is -1.52. The first-order valence-corrected chi connectivity index (χ1v) is 11.5. The Balaban J connectivity index is 1.59. The fourth-order valence-electron chi connectivity index (χ4n) is 3.84. The number of rotatable bonds is 5. The summed E-state index contributed by atoms with van der Waals surface area (Å²) in [6, 6.07) is 5.23. The van der Waals surface area contributed by atoms with E-state index in [0.29, 0.717) is 25.2 Å². The van der Waals surface area contributed by atoms with E-state index >= 15 is 0 Å². The van der Waals surface area contributed by atoms with Gasteiger partial charge in [-0.05, 0) is 32.4 Å². The van der Waals surface area contributed by atoms with Crippen LogP contribution in [0.15, 0.2) is 23.1 Å². The van der Waals surface area contributed by atoms with E-state index in [0.717, 1.165) is 5.56 Å². The summed E-state index contributed by atoms with van der Waals surface area (Å²) in [5.41, 5.74) is 1.69. The number of likely N-dealkylation sites (N-methyl/N-ethyl adjacent to an activating group) is 1. The van der Waals surface area contributed by atoms with Gasteiger partial charge >= 0.3 is 11.8 Å². The highest BCUT2D eigenvalue weighted by Gasteiger charge is 2.35. The van der Waals surface area contributed by atoms with Crippen molar-refractivity contribution in [2.45, 2.75) is 25.7 Å². The van der Waals surface area contributed by atoms with E-state index in [4.69, 9.17) is 0 Å². The molecule has 10 heteroatoms. The smallest absolute Gasteiger partial charge is 0.312 e. The number of aryl methyl sites for hydroxylation is 2. The second-order valence-corrected chi connectivity index (χ2v) is 9.57. The molecule has 1 aromatic rings. The van der Waals surface area contributed by atoms with E-state index in [1.807, 2.05) is 13.0 Å². The first-order chi connectivity index (χ1) is 14.1. The largest absolute Gasteiger partial charge is 0.339 e. The van der Waals surface area contributed by atoms with E-state index in [9.17, 15) is 22.8 Å². The summed E-state index contributed by atoms with van der Waals surface area (Å²) in [4.78, 5) is 41.4. The van der Waals surface area contributed by atoms with Crippen LogP contribution in [-0.2, 0) is 24.4 Å². The van der Waals surface area contributed by atoms with Crippen molar-refractivity contribution in [2.24, 2.45) is 0 Å². The maximum atomic E-state index is 13.0. The second-order valence-electron chi connectivity index (χ2n) is 7.67. The highest BCUT2D eigenvalue weighted by molar-refractivity contribution is 7.89. The molecule has 164 valence electrons. The third-order valence-electron chi connectivity index (χ3n) is 5.64. The molecule has 2 saturated heterocycles. The average Bonchev–Trinajstić information content (AvgIpc) is 2.71. The molecule has 0 aromatic heterocycles. The van der Waals surface area contributed by atoms with Gasteiger partial charge in [0.05, 0.1) is 4.90 Å². The molecule has 2 aliphatic rings. The maximum absolute atomic E-state index is 13.0. The van der Waals surface area contributed by atoms with Crippen LogP contribution in [-0.4, -0.2) is 97.5 Å². The van der Waals surface area contributed by atoms with Gasteiger partial charge in [0.15, 0.2) is 0 Å². The van der Waals surface area contributed by atoms with Crippen molar-refractivity contribution in [1.29, 1.82) is 0 Å². The zero-order valence-electron chi connectivity index (χ0n) is 17.6. The Kier molecular flexibility index (Phi) is 6.47. The summed E-state index contributed by atoms with van der Waals surface area (Å²) in [6.45, 7) is 7.41. The average molecular weight is 437 g/mol. The van der Waals surface area contributed by atoms with Gasteiger partial charge in [0.25, 0.3) is 0 Å². The van der Waals surface area contributed by atoms with Crippen LogP contribution in [0.4, 0.5) is 0 Å². The first kappa shape index (κ1) is 22.2. The molecule has 0 unspecified atom stereocenters. The third-order valence-corrected chi connectivity index (χ3v) is 7.70. The van der Waals surface area contributed by atoms with E-state index in [1.54, 1.807) is 30.9 Å². The number of sulfonamides is 1. The van der Waals surface area contributed by atoms with Gasteiger partial charge in [-0.15, -0.1) is 0 Å². The molecule has 30 heavy (non-hydrogen) atoms. The van der Waals surface area contributed by atoms with Crippen LogP contribution in [0.2, 0.25) is 0 Å². The normalized spacial score (nSPS) is 18.8. The topological polar surface area (TPSA) is 98.3 Å². The van der Waals surface area contributed by atoms with Crippen LogP contribution in [0.1, 0.15) is 18.1 Å². The number of hydrogen-bond acceptors (Lipinski definition) is 5. The van der Waals surface area contributed by atoms with Crippen LogP contribution < -0.4 is 0 Å². The van der Waals surface area contributed by atoms with Gasteiger partial charge in [-0.2, -0.15) is 4.31 Å². The highest BCUT2D eigenvalue weighted by Crippen LogP contribution is 2.22. The Bertz CT molecular complexity index is 954. The van der Waals surface area contributed by atoms with Gasteiger partial charge in [-0.3, -0.25) is 14.4 Å². The molecule has 1 aromatic carbocycles. The molecule has 0 atom stereocenters. The number of carbonyl (C=O) groups excluding carboxylic acids is 3. The molecule has 0 N–H and O–H groups in total. The minimum absolute atomic E-state index is 0.161. The van der Waals surface area contributed by atoms with Crippen molar-refractivity contribution >= 4 is 27.7 Å². The van der Waals surface area contributed by atoms with Crippen molar-refractivity contribution in [3.8, 4) is 0 Å². The molecule has 9 nitrogen and oxygen atoms in total. The predicted molar refractivity (Wildman–Crippen MR) is 110 cm³/mol. The Morgan fingerprint density at radius 3 is 2.13 bits per heavy atom. The molecular weight excluding hydrogens is 408 g/mol. The molecule has 0 radical (unpaired) electrons. The summed E-state index contributed by atoms with van der Waals surface area (Å²) < 4.78 is 27.3. The number of carbonyl (C=O) groups is 3. The number of piperazine rings is 2. The molecule has 2 heterocycles. The molecule has 0 bridgehead atoms. The minimum atomic E-state index is -3.63. The van der Waals surface area contributed by atoms with Crippen LogP contribution in [0.3, 0.4) is 0 Å². The first-order valence-electron chi connectivity index (χ1n) is 10.1. The monoisotopic (exact) mass is 436 g/mol. The van der Waals surface area contributed by atoms with E-state index in [2.05, 4.69) is 0 Å². The molecule has 3 amide bonds. The Morgan fingerprint density at radius 2 is 1.53 bits per heavy atom. The number of nitrogens with zero attached hydrogens (tertiary/aromatic N) is 4. The Morgan fingerprint density at radius 1 is 0.933 bits per heavy atom. The van der Waals surface area contributed by atoms with Crippen molar-refractivity contribution in [3.63, 3.8) is 0 Å². The molecule has 2 aliphatic heterocycles. The summed E-state index contributed by atoms with van der Waals surface area (Å²) in [7, 11) is -3.63. The fraction of sp³-hybridized carbons (Fsp3) is 0.550. The minimum Gasteiger partial charge on any atom is -0.339 e. The second kappa shape index (κ2) is 8.73. The third kappa shape index (κ3) is 4.34. The lowest BCUT2D eigenvalue weighted by molar-refractivity contribution is -0.157. The lowest BCUT2D eigenvalue weighted by atomic mass is 10.2. The Labute approximate surface area is 177 Å². The van der Waals surface area contributed by atoms with Crippen LogP contribution in [0, 0.1) is 13.8 Å². The lowest BCUT2D eigenvalue weighted by Gasteiger charge is -2.37. The van der Waals surface area contributed by atoms with E-state index in [-0.39, 0.29) is 43.5 Å². The molecule has 2 fully saturated rings. The van der Waals surface area contributed by atoms with E-state index in [1.165, 1.54) is 14.1 Å². The van der Waals surface area contributed by atoms with Crippen molar-refractivity contribution < 1.29 is 22.8 Å². The molecule has 0 saturated carbocycles. The zero-order chi connectivity index (χ0) is 22.1. The number of amides is 3. The predicted octanol–water partition coefficient (Wildman–Crippen LogP) is -0.173. The summed E-state index contributed by atoms with van der Waals surface area (Å²) >= 11 is 0. The highest BCUT2D eigenvalue weighted by atomic mass is 32.2. The van der Waals surface area contributed by atoms with Crippen LogP contribution in [0.25, 0.3) is 0 Å². The molecule has 0 spiro atoms. The quantitative estimate of drug-likeness (QED) is 0.597. The van der Waals surface area contributed by atoms with Gasteiger partial charge in [0.1, 0.15) is 6.54 Å². The van der Waals surface area contributed by atoms with Crippen LogP contribution in [0.5, 0.6) is 0 Å². The summed E-state index contributed by atoms with van der Waals surface area (Å²) in [5, 5.41) is 0. The standard InChI is InChI=1S/C20H28N4O5S/c1-4-21-7-8-23(20(27)19(21)26)14-18(25)22-9-11-24(12-10-22)30(28,29)17-6-5-15(2)13-16(17)3/h5-6,13H,4,7-12,14H2,1-3H3. The number of benzene rings is 1. The van der Waals surface area contributed by atoms with Crippen molar-refractivity contribution in [2.75, 3.05) is 52.4 Å². The van der Waals surface area contributed by atoms with Gasteiger partial charge in [-0.1, -0.05) is 17.7 Å². The molecule has 3 rings (SSSR count). The molecular formula is C20H28N4O5S. The van der Waals surface area contributed by atoms with Gasteiger partial charge in [-0.25, -0.2) is 8.42 Å². The van der Waals surface area contributed by atoms with Gasteiger partial charge < -0.3 is 14.7 Å². The van der Waals surface area contributed by atoms with Crippen molar-refractivity contribution in [1.82, 2.24) is 19.0 Å². The fourth-order valence-corrected chi connectivity index (χ4v) is 5.46. The maximum Gasteiger partial charge on any atom is 0.312 e. The van der Waals surface area contributed by atoms with Gasteiger partial charge in [0, 0.05) is 45.8 Å². The zero-order valence-corrected chi connectivity index (χ0v) is 18.4. The lowest BCUT2D eigenvalue weighted by Crippen LogP contribution is -2.58. The molecule has 0 aliphatic carbocycles. The Hall–Kier alpha value is -2.46. The van der Waals surface area contributed by atoms with Crippen LogP contribution >= 0.6 is 0 Å².